The van der Waals surface area contributed by atoms with E-state index in [4.69, 9.17) is 16.7 Å². The number of nitrogens with two attached hydrogens (primary N) is 2. The molecule has 0 aliphatic rings. The Morgan fingerprint density at radius 2 is 2.33 bits per heavy atom. The van der Waals surface area contributed by atoms with Crippen molar-refractivity contribution >= 4 is 27.8 Å². The fourth-order valence-corrected chi connectivity index (χ4v) is 1.46. The van der Waals surface area contributed by atoms with Crippen molar-refractivity contribution in [2.45, 2.75) is 13.0 Å². The average molecular weight is 275 g/mol. The number of nitrogen functional groups attached to an aromatic ring is 1. The number of rotatable bonds is 2. The zero-order valence-corrected chi connectivity index (χ0v) is 9.60. The normalized spacial score (nSPS) is 12.2. The highest BCUT2D eigenvalue weighted by Crippen LogP contribution is 2.24. The number of hydrazine groups is 1. The number of carboxylic acid groups (broad SMARTS) is 1. The molecule has 82 valence electrons. The summed E-state index contributed by atoms with van der Waals surface area (Å²) in [5, 5.41) is 9.38. The highest BCUT2D eigenvalue weighted by molar-refractivity contribution is 9.10. The number of anilines is 1. The topological polar surface area (TPSA) is 105 Å². The molecule has 6 nitrogen and oxygen atoms in total. The van der Waals surface area contributed by atoms with Gasteiger partial charge >= 0.3 is 6.09 Å². The van der Waals surface area contributed by atoms with Crippen LogP contribution in [-0.4, -0.2) is 21.2 Å². The molecule has 0 radical (unpaired) electrons. The molecule has 1 aromatic heterocycles. The van der Waals surface area contributed by atoms with Gasteiger partial charge in [-0.1, -0.05) is 0 Å². The standard InChI is InChI=1S/C8H11BrN4O2/c1-4(13(11)8(14)15)6-2-5(9)3-12-7(6)10/h2-4H,11H2,1H3,(H2,10,12)(H,14,15). The van der Waals surface area contributed by atoms with Gasteiger partial charge in [-0.15, -0.1) is 0 Å². The molecule has 0 fully saturated rings. The molecule has 0 aromatic carbocycles. The first kappa shape index (κ1) is 11.7. The molecule has 5 N–H and O–H groups in total. The Labute approximate surface area is 95.0 Å². The van der Waals surface area contributed by atoms with Gasteiger partial charge in [-0.2, -0.15) is 0 Å². The van der Waals surface area contributed by atoms with E-state index in [1.807, 2.05) is 0 Å². The molecule has 1 atom stereocenters. The first-order valence-corrected chi connectivity index (χ1v) is 4.90. The molecule has 1 amide bonds. The fraction of sp³-hybridized carbons (Fsp3) is 0.250. The molecular formula is C8H11BrN4O2. The lowest BCUT2D eigenvalue weighted by molar-refractivity contribution is 0.129. The van der Waals surface area contributed by atoms with Gasteiger partial charge in [-0.25, -0.2) is 20.6 Å². The molecule has 15 heavy (non-hydrogen) atoms. The minimum Gasteiger partial charge on any atom is -0.464 e. The first-order chi connectivity index (χ1) is 6.93. The number of aromatic nitrogens is 1. The number of carbonyl (C=O) groups is 1. The maximum Gasteiger partial charge on any atom is 0.422 e. The maximum atomic E-state index is 10.6. The van der Waals surface area contributed by atoms with Crippen LogP contribution in [0.1, 0.15) is 18.5 Å². The van der Waals surface area contributed by atoms with Gasteiger partial charge in [-0.3, -0.25) is 0 Å². The Balaban J connectivity index is 3.04. The van der Waals surface area contributed by atoms with Crippen molar-refractivity contribution in [3.8, 4) is 0 Å². The van der Waals surface area contributed by atoms with Gasteiger partial charge in [0, 0.05) is 16.2 Å². The predicted molar refractivity (Wildman–Crippen MR) is 58.8 cm³/mol. The molecule has 0 aliphatic carbocycles. The molecular weight excluding hydrogens is 264 g/mol. The highest BCUT2D eigenvalue weighted by atomic mass is 79.9. The van der Waals surface area contributed by atoms with E-state index < -0.39 is 12.1 Å². The summed E-state index contributed by atoms with van der Waals surface area (Å²) in [4.78, 5) is 14.5. The summed E-state index contributed by atoms with van der Waals surface area (Å²) >= 11 is 3.23. The van der Waals surface area contributed by atoms with Gasteiger partial charge in [0.25, 0.3) is 0 Å². The van der Waals surface area contributed by atoms with Crippen molar-refractivity contribution in [3.63, 3.8) is 0 Å². The average Bonchev–Trinajstić information content (AvgIpc) is 2.19. The molecule has 1 rings (SSSR count). The summed E-state index contributed by atoms with van der Waals surface area (Å²) in [6.07, 6.45) is 0.314. The van der Waals surface area contributed by atoms with Crippen molar-refractivity contribution in [1.29, 1.82) is 0 Å². The zero-order valence-electron chi connectivity index (χ0n) is 8.01. The van der Waals surface area contributed by atoms with Crippen molar-refractivity contribution in [1.82, 2.24) is 9.99 Å². The van der Waals surface area contributed by atoms with Crippen LogP contribution in [0.25, 0.3) is 0 Å². The summed E-state index contributed by atoms with van der Waals surface area (Å²) in [6, 6.07) is 1.14. The van der Waals surface area contributed by atoms with Gasteiger partial charge in [0.1, 0.15) is 5.82 Å². The zero-order chi connectivity index (χ0) is 11.6. The van der Waals surface area contributed by atoms with E-state index in [9.17, 15) is 4.79 Å². The van der Waals surface area contributed by atoms with E-state index in [-0.39, 0.29) is 5.82 Å². The van der Waals surface area contributed by atoms with Crippen LogP contribution >= 0.6 is 15.9 Å². The van der Waals surface area contributed by atoms with Crippen LogP contribution in [0.5, 0.6) is 0 Å². The van der Waals surface area contributed by atoms with Gasteiger partial charge in [0.2, 0.25) is 0 Å². The monoisotopic (exact) mass is 274 g/mol. The molecule has 0 aliphatic heterocycles. The Kier molecular flexibility index (Phi) is 3.48. The molecule has 0 bridgehead atoms. The van der Waals surface area contributed by atoms with E-state index in [0.29, 0.717) is 10.6 Å². The minimum absolute atomic E-state index is 0.266. The van der Waals surface area contributed by atoms with Crippen LogP contribution in [0.15, 0.2) is 16.7 Å². The third-order valence-corrected chi connectivity index (χ3v) is 2.44. The molecule has 7 heteroatoms. The second-order valence-corrected chi connectivity index (χ2v) is 3.91. The van der Waals surface area contributed by atoms with Crippen LogP contribution in [0.2, 0.25) is 0 Å². The maximum absolute atomic E-state index is 10.6. The van der Waals surface area contributed by atoms with Crippen LogP contribution in [0.4, 0.5) is 10.6 Å². The fourth-order valence-electron chi connectivity index (χ4n) is 1.12. The highest BCUT2D eigenvalue weighted by Gasteiger charge is 2.20. The van der Waals surface area contributed by atoms with Crippen molar-refractivity contribution in [2.24, 2.45) is 5.84 Å². The first-order valence-electron chi connectivity index (χ1n) is 4.11. The van der Waals surface area contributed by atoms with Crippen LogP contribution in [0, 0.1) is 0 Å². The quantitative estimate of drug-likeness (QED) is 0.429. The van der Waals surface area contributed by atoms with E-state index >= 15 is 0 Å². The largest absolute Gasteiger partial charge is 0.464 e. The molecule has 0 saturated carbocycles. The van der Waals surface area contributed by atoms with Gasteiger partial charge in [-0.05, 0) is 28.9 Å². The number of nitrogens with zero attached hydrogens (tertiary/aromatic N) is 2. The molecule has 0 spiro atoms. The van der Waals surface area contributed by atoms with Crippen LogP contribution in [-0.2, 0) is 0 Å². The Bertz CT molecular complexity index is 385. The van der Waals surface area contributed by atoms with Crippen LogP contribution in [0.3, 0.4) is 0 Å². The number of halogens is 1. The van der Waals surface area contributed by atoms with Gasteiger partial charge < -0.3 is 10.8 Å². The number of pyridine rings is 1. The molecule has 1 heterocycles. The number of amides is 1. The Morgan fingerprint density at radius 1 is 1.73 bits per heavy atom. The summed E-state index contributed by atoms with van der Waals surface area (Å²) in [5.74, 6) is 5.61. The lowest BCUT2D eigenvalue weighted by Gasteiger charge is -2.22. The van der Waals surface area contributed by atoms with Crippen LogP contribution < -0.4 is 11.6 Å². The second kappa shape index (κ2) is 4.45. The van der Waals surface area contributed by atoms with Crippen molar-refractivity contribution in [2.75, 3.05) is 5.73 Å². The van der Waals surface area contributed by atoms with Gasteiger partial charge in [0.15, 0.2) is 0 Å². The second-order valence-electron chi connectivity index (χ2n) is 2.99. The van der Waals surface area contributed by atoms with E-state index in [0.717, 1.165) is 4.47 Å². The third-order valence-electron chi connectivity index (χ3n) is 2.00. The molecule has 1 aromatic rings. The van der Waals surface area contributed by atoms with E-state index in [2.05, 4.69) is 20.9 Å². The number of hydrogen-bond donors (Lipinski definition) is 3. The Morgan fingerprint density at radius 3 is 2.87 bits per heavy atom. The Hall–Kier alpha value is -1.34. The lowest BCUT2D eigenvalue weighted by Crippen LogP contribution is -2.38. The molecule has 0 saturated heterocycles. The smallest absolute Gasteiger partial charge is 0.422 e. The summed E-state index contributed by atoms with van der Waals surface area (Å²) in [5.41, 5.74) is 6.19. The summed E-state index contributed by atoms with van der Waals surface area (Å²) in [7, 11) is 0. The van der Waals surface area contributed by atoms with Crippen molar-refractivity contribution in [3.05, 3.63) is 22.3 Å². The summed E-state index contributed by atoms with van der Waals surface area (Å²) < 4.78 is 0.720. The van der Waals surface area contributed by atoms with Crippen molar-refractivity contribution < 1.29 is 9.90 Å². The molecule has 1 unspecified atom stereocenters. The van der Waals surface area contributed by atoms with Gasteiger partial charge in [0.05, 0.1) is 6.04 Å². The lowest BCUT2D eigenvalue weighted by atomic mass is 10.1. The number of hydrogen-bond acceptors (Lipinski definition) is 4. The SMILES string of the molecule is CC(c1cc(Br)cnc1N)N(N)C(=O)O. The third kappa shape index (κ3) is 2.57. The predicted octanol–water partition coefficient (Wildman–Crippen LogP) is 1.34. The van der Waals surface area contributed by atoms with E-state index in [1.165, 1.54) is 6.20 Å². The van der Waals surface area contributed by atoms with E-state index in [1.54, 1.807) is 13.0 Å². The summed E-state index contributed by atoms with van der Waals surface area (Å²) in [6.45, 7) is 1.63. The minimum atomic E-state index is -1.22.